The van der Waals surface area contributed by atoms with Gasteiger partial charge in [-0.3, -0.25) is 18.9 Å². The average Bonchev–Trinajstić information content (AvgIpc) is 2.83. The normalized spacial score (nSPS) is 23.4. The fraction of sp³-hybridized carbons (Fsp3) is 0.130. The van der Waals surface area contributed by atoms with Crippen LogP contribution in [-0.4, -0.2) is 73.1 Å². The molecule has 12 heteroatoms. The van der Waals surface area contributed by atoms with Gasteiger partial charge in [-0.15, -0.1) is 0 Å². The lowest BCUT2D eigenvalue weighted by atomic mass is 9.84. The van der Waals surface area contributed by atoms with Crippen LogP contribution in [0, 0.1) is 0 Å². The van der Waals surface area contributed by atoms with Gasteiger partial charge in [0.15, 0.2) is 11.4 Å². The maximum absolute atomic E-state index is 12.1. The maximum atomic E-state index is 12.1. The van der Waals surface area contributed by atoms with Gasteiger partial charge in [-0.1, -0.05) is 54.6 Å². The Balaban J connectivity index is 0.000000196. The van der Waals surface area contributed by atoms with Gasteiger partial charge < -0.3 is 20.9 Å². The molecule has 0 radical (unpaired) electrons. The second-order valence-corrected chi connectivity index (χ2v) is 9.01. The van der Waals surface area contributed by atoms with E-state index in [9.17, 15) is 38.1 Å². The van der Waals surface area contributed by atoms with Gasteiger partial charge in [0.1, 0.15) is 11.9 Å². The number of rotatable bonds is 3. The average molecular weight is 498 g/mol. The van der Waals surface area contributed by atoms with Crippen LogP contribution in [-0.2, 0) is 10.1 Å². The first kappa shape index (κ1) is 25.6. The Morgan fingerprint density at radius 2 is 1.57 bits per heavy atom. The largest absolute Gasteiger partial charge is 0.508 e. The second-order valence-electron chi connectivity index (χ2n) is 7.51. The quantitative estimate of drug-likeness (QED) is 0.206. The van der Waals surface area contributed by atoms with Crippen molar-refractivity contribution in [3.05, 3.63) is 101 Å². The van der Waals surface area contributed by atoms with Crippen LogP contribution >= 0.6 is 0 Å². The molecule has 2 aliphatic rings. The van der Waals surface area contributed by atoms with E-state index in [1.807, 2.05) is 0 Å². The third-order valence-corrected chi connectivity index (χ3v) is 6.26. The van der Waals surface area contributed by atoms with Gasteiger partial charge in [-0.2, -0.15) is 13.2 Å². The fourth-order valence-corrected chi connectivity index (χ4v) is 4.34. The summed E-state index contributed by atoms with van der Waals surface area (Å²) < 4.78 is 31.2. The molecule has 0 heterocycles. The van der Waals surface area contributed by atoms with E-state index < -0.39 is 50.1 Å². The number of nitrogens with zero attached hydrogens (tertiary/aromatic N) is 2. The van der Waals surface area contributed by atoms with Crippen molar-refractivity contribution in [3.63, 3.8) is 0 Å². The molecule has 35 heavy (non-hydrogen) atoms. The van der Waals surface area contributed by atoms with Gasteiger partial charge in [0.2, 0.25) is 5.78 Å². The van der Waals surface area contributed by atoms with Crippen LogP contribution in [0.4, 0.5) is 0 Å². The monoisotopic (exact) mass is 498 g/mol. The first-order valence-electron chi connectivity index (χ1n) is 9.88. The molecule has 0 fully saturated rings. The number of fused-ring (bicyclic) bond motifs is 1. The van der Waals surface area contributed by atoms with Crippen LogP contribution in [0.5, 0.6) is 0 Å². The van der Waals surface area contributed by atoms with E-state index in [1.54, 1.807) is 18.2 Å². The fourth-order valence-electron chi connectivity index (χ4n) is 3.51. The summed E-state index contributed by atoms with van der Waals surface area (Å²) in [5, 5.41) is 26.9. The lowest BCUT2D eigenvalue weighted by Crippen LogP contribution is -2.48. The highest BCUT2D eigenvalue weighted by Gasteiger charge is 2.51. The third kappa shape index (κ3) is 4.92. The molecular formula is C23H18N2O9S. The lowest BCUT2D eigenvalue weighted by Gasteiger charge is -2.29. The number of aliphatic hydroxyl groups is 3. The first-order valence-corrected chi connectivity index (χ1v) is 11.4. The van der Waals surface area contributed by atoms with Crippen molar-refractivity contribution < 1.29 is 47.5 Å². The number of carbonyl (C=O) groups is 3. The van der Waals surface area contributed by atoms with Gasteiger partial charge in [-0.25, -0.2) is 0 Å². The zero-order valence-electron chi connectivity index (χ0n) is 17.7. The third-order valence-electron chi connectivity index (χ3n) is 5.23. The molecule has 11 nitrogen and oxygen atoms in total. The van der Waals surface area contributed by atoms with Crippen LogP contribution in [0.2, 0.25) is 0 Å². The minimum atomic E-state index is -4.87. The summed E-state index contributed by atoms with van der Waals surface area (Å²) in [6.45, 7) is 0. The van der Waals surface area contributed by atoms with Gasteiger partial charge in [0, 0.05) is 16.7 Å². The van der Waals surface area contributed by atoms with Crippen molar-refractivity contribution in [1.82, 2.24) is 0 Å². The molecule has 2 aromatic rings. The predicted molar refractivity (Wildman–Crippen MR) is 121 cm³/mol. The van der Waals surface area contributed by atoms with Gasteiger partial charge in [-0.05, 0) is 18.2 Å². The number of hydrogen-bond acceptors (Lipinski definition) is 8. The van der Waals surface area contributed by atoms with Crippen LogP contribution in [0.1, 0.15) is 31.1 Å². The number of hydrogen-bond donors (Lipinski definition) is 4. The summed E-state index contributed by atoms with van der Waals surface area (Å²) in [6.07, 6.45) is 1.99. The Morgan fingerprint density at radius 3 is 2.14 bits per heavy atom. The molecule has 2 aliphatic carbocycles. The Hall–Kier alpha value is -4.06. The van der Waals surface area contributed by atoms with Crippen LogP contribution < -0.4 is 0 Å². The number of allylic oxidation sites excluding steroid dienone is 1. The summed E-state index contributed by atoms with van der Waals surface area (Å²) in [6, 6.07) is 13.6. The van der Waals surface area contributed by atoms with E-state index in [4.69, 9.17) is 10.1 Å². The predicted octanol–water partition coefficient (Wildman–Crippen LogP) is 0.966. The van der Waals surface area contributed by atoms with Crippen molar-refractivity contribution >= 4 is 33.2 Å². The van der Waals surface area contributed by atoms with Crippen molar-refractivity contribution in [1.29, 1.82) is 0 Å². The summed E-state index contributed by atoms with van der Waals surface area (Å²) in [5.74, 6) is -2.81. The Bertz CT molecular complexity index is 1420. The highest BCUT2D eigenvalue weighted by molar-refractivity contribution is 7.88. The Labute approximate surface area is 198 Å². The zero-order chi connectivity index (χ0) is 26.0. The number of aliphatic hydroxyl groups excluding tert-OH is 2. The van der Waals surface area contributed by atoms with Gasteiger partial charge in [0.05, 0.1) is 0 Å². The van der Waals surface area contributed by atoms with Crippen molar-refractivity contribution in [2.45, 2.75) is 17.0 Å². The molecule has 3 unspecified atom stereocenters. The summed E-state index contributed by atoms with van der Waals surface area (Å²) in [7, 11) is -4.87. The molecule has 0 spiro atoms. The summed E-state index contributed by atoms with van der Waals surface area (Å²) >= 11 is 0. The van der Waals surface area contributed by atoms with Crippen molar-refractivity contribution in [3.8, 4) is 0 Å². The number of Topliss-reactive ketones (excluding diaryl/α,β-unsaturated/α-hetero) is 3. The Morgan fingerprint density at radius 1 is 1.00 bits per heavy atom. The van der Waals surface area contributed by atoms with Crippen LogP contribution in [0.15, 0.2) is 78.6 Å². The minimum Gasteiger partial charge on any atom is -0.508 e. The van der Waals surface area contributed by atoms with E-state index in [-0.39, 0.29) is 22.4 Å². The minimum absolute atomic E-state index is 0.0600. The van der Waals surface area contributed by atoms with E-state index in [2.05, 4.69) is 4.79 Å². The highest BCUT2D eigenvalue weighted by Crippen LogP contribution is 2.25. The molecule has 0 saturated heterocycles. The molecule has 0 bridgehead atoms. The first-order chi connectivity index (χ1) is 16.4. The zero-order valence-corrected chi connectivity index (χ0v) is 18.5. The molecule has 4 rings (SSSR count). The summed E-state index contributed by atoms with van der Waals surface area (Å²) in [5.41, 5.74) is 5.75. The molecule has 0 aromatic heterocycles. The topological polar surface area (TPSA) is 203 Å². The van der Waals surface area contributed by atoms with Gasteiger partial charge in [0.25, 0.3) is 21.2 Å². The molecule has 0 saturated carbocycles. The van der Waals surface area contributed by atoms with E-state index in [0.29, 0.717) is 0 Å². The molecule has 0 aliphatic heterocycles. The number of carbonyl (C=O) groups excluding carboxylic acids is 3. The van der Waals surface area contributed by atoms with Crippen molar-refractivity contribution in [2.24, 2.45) is 0 Å². The number of benzene rings is 2. The van der Waals surface area contributed by atoms with E-state index in [1.165, 1.54) is 48.6 Å². The van der Waals surface area contributed by atoms with Crippen LogP contribution in [0.25, 0.3) is 5.53 Å². The molecular weight excluding hydrogens is 480 g/mol. The second kappa shape index (κ2) is 9.66. The molecule has 4 N–H and O–H groups in total. The van der Waals surface area contributed by atoms with Crippen LogP contribution in [0.3, 0.4) is 0 Å². The summed E-state index contributed by atoms with van der Waals surface area (Å²) in [4.78, 5) is 38.3. The SMILES string of the molecule is O=C(c1ccccc1)C1(O)C=C(O)C=CC1O.[N-]=[N+]=C1C(=O)c2ccccc2C(=O)C1S(=O)(=O)O. The maximum Gasteiger partial charge on any atom is 0.367 e. The lowest BCUT2D eigenvalue weighted by molar-refractivity contribution is -0.00873. The number of ketones is 3. The van der Waals surface area contributed by atoms with E-state index >= 15 is 0 Å². The molecule has 2 aromatic carbocycles. The molecule has 3 atom stereocenters. The van der Waals surface area contributed by atoms with Crippen molar-refractivity contribution in [2.75, 3.05) is 0 Å². The highest BCUT2D eigenvalue weighted by atomic mass is 32.2. The Kier molecular flexibility index (Phi) is 7.06. The molecule has 180 valence electrons. The van der Waals surface area contributed by atoms with E-state index in [0.717, 1.165) is 6.08 Å². The smallest absolute Gasteiger partial charge is 0.367 e. The molecule has 0 amide bonds. The van der Waals surface area contributed by atoms with Gasteiger partial charge >= 0.3 is 5.71 Å². The standard InChI is InChI=1S/C13H12O4.C10H6N2O5S/c14-10-6-7-11(15)13(17,8-10)12(16)9-4-2-1-3-5-9;11-12-7-8(13)5-3-1-2-4-6(5)9(14)10(7)18(15,16)17/h1-8,11,14-15,17H;1-4,10H,(H,15,16,17).